The molecule has 168 valence electrons. The van der Waals surface area contributed by atoms with Gasteiger partial charge in [-0.15, -0.1) is 0 Å². The van der Waals surface area contributed by atoms with E-state index in [0.29, 0.717) is 18.9 Å². The lowest BCUT2D eigenvalue weighted by Gasteiger charge is -2.13. The second-order valence-electron chi connectivity index (χ2n) is 7.65. The normalized spacial score (nSPS) is 16.6. The Labute approximate surface area is 188 Å². The van der Waals surface area contributed by atoms with Crippen LogP contribution in [-0.2, 0) is 26.1 Å². The van der Waals surface area contributed by atoms with Crippen molar-refractivity contribution in [2.45, 2.75) is 50.4 Å². The molecule has 9 heteroatoms. The first kappa shape index (κ1) is 23.7. The summed E-state index contributed by atoms with van der Waals surface area (Å²) in [4.78, 5) is 12.6. The number of carbonyl (C=O) groups is 1. The summed E-state index contributed by atoms with van der Waals surface area (Å²) in [6.07, 6.45) is 1.67. The molecule has 7 nitrogen and oxygen atoms in total. The molecule has 0 radical (unpaired) electrons. The van der Waals surface area contributed by atoms with Crippen LogP contribution in [0.2, 0.25) is 5.02 Å². The molecule has 1 amide bonds. The molecule has 2 aromatic rings. The Morgan fingerprint density at radius 1 is 1.26 bits per heavy atom. The van der Waals surface area contributed by atoms with E-state index in [-0.39, 0.29) is 34.2 Å². The second-order valence-corrected chi connectivity index (χ2v) is 9.79. The minimum absolute atomic E-state index is 0.0456. The zero-order valence-electron chi connectivity index (χ0n) is 17.6. The van der Waals surface area contributed by atoms with Gasteiger partial charge in [0.1, 0.15) is 4.90 Å². The quantitative estimate of drug-likeness (QED) is 0.583. The third-order valence-corrected chi connectivity index (χ3v) is 6.68. The van der Waals surface area contributed by atoms with Crippen LogP contribution in [0.4, 0.5) is 5.69 Å². The molecule has 0 aromatic heterocycles. The summed E-state index contributed by atoms with van der Waals surface area (Å²) in [5.41, 5.74) is 1.70. The molecule has 1 atom stereocenters. The van der Waals surface area contributed by atoms with Crippen LogP contribution in [0.3, 0.4) is 0 Å². The molecule has 3 rings (SSSR count). The largest absolute Gasteiger partial charge is 0.377 e. The number of benzene rings is 2. The van der Waals surface area contributed by atoms with Gasteiger partial charge in [0.25, 0.3) is 5.91 Å². The van der Waals surface area contributed by atoms with Gasteiger partial charge in [-0.25, -0.2) is 13.1 Å². The van der Waals surface area contributed by atoms with E-state index in [0.717, 1.165) is 18.4 Å². The zero-order chi connectivity index (χ0) is 22.4. The summed E-state index contributed by atoms with van der Waals surface area (Å²) in [5.74, 6) is -0.436. The standard InChI is InChI=1S/C22H27ClN2O5S/c1-15(2)30-14-16-5-3-6-18(11-16)25-22(26)17-8-9-20(23)21(12-17)31(27,28)24-13-19-7-4-10-29-19/h3,5-6,8-9,11-12,15,19,24H,4,7,10,13-14H2,1-2H3,(H,25,26). The highest BCUT2D eigenvalue weighted by atomic mass is 35.5. The first-order valence-electron chi connectivity index (χ1n) is 10.2. The van der Waals surface area contributed by atoms with E-state index in [9.17, 15) is 13.2 Å². The van der Waals surface area contributed by atoms with E-state index in [1.807, 2.05) is 32.0 Å². The van der Waals surface area contributed by atoms with Crippen molar-refractivity contribution in [1.82, 2.24) is 4.72 Å². The SMILES string of the molecule is CC(C)OCc1cccc(NC(=O)c2ccc(Cl)c(S(=O)(=O)NCC3CCCO3)c2)c1. The maximum absolute atomic E-state index is 12.7. The molecule has 1 unspecified atom stereocenters. The Morgan fingerprint density at radius 2 is 2.06 bits per heavy atom. The number of nitrogens with one attached hydrogen (secondary N) is 2. The summed E-state index contributed by atoms with van der Waals surface area (Å²) in [6, 6.07) is 11.5. The van der Waals surface area contributed by atoms with Gasteiger partial charge in [-0.3, -0.25) is 4.79 Å². The van der Waals surface area contributed by atoms with Crippen LogP contribution in [0.15, 0.2) is 47.4 Å². The predicted octanol–water partition coefficient (Wildman–Crippen LogP) is 3.97. The molecule has 1 heterocycles. The summed E-state index contributed by atoms with van der Waals surface area (Å²) in [7, 11) is -3.89. The first-order chi connectivity index (χ1) is 14.7. The van der Waals surface area contributed by atoms with Crippen LogP contribution in [0.25, 0.3) is 0 Å². The Morgan fingerprint density at radius 3 is 2.77 bits per heavy atom. The van der Waals surface area contributed by atoms with Gasteiger partial charge in [0.2, 0.25) is 10.0 Å². The molecular weight excluding hydrogens is 440 g/mol. The summed E-state index contributed by atoms with van der Waals surface area (Å²) in [6.45, 7) is 5.13. The molecule has 2 N–H and O–H groups in total. The minimum atomic E-state index is -3.89. The lowest BCUT2D eigenvalue weighted by molar-refractivity contribution is 0.0657. The van der Waals surface area contributed by atoms with Gasteiger partial charge >= 0.3 is 0 Å². The smallest absolute Gasteiger partial charge is 0.255 e. The summed E-state index contributed by atoms with van der Waals surface area (Å²) < 4.78 is 39.0. The van der Waals surface area contributed by atoms with Crippen molar-refractivity contribution < 1.29 is 22.7 Å². The monoisotopic (exact) mass is 466 g/mol. The Balaban J connectivity index is 1.71. The number of carbonyl (C=O) groups excluding carboxylic acids is 1. The highest BCUT2D eigenvalue weighted by Gasteiger charge is 2.23. The fourth-order valence-corrected chi connectivity index (χ4v) is 4.73. The average molecular weight is 467 g/mol. The number of ether oxygens (including phenoxy) is 2. The van der Waals surface area contributed by atoms with Crippen LogP contribution >= 0.6 is 11.6 Å². The van der Waals surface area contributed by atoms with Gasteiger partial charge in [-0.2, -0.15) is 0 Å². The number of hydrogen-bond acceptors (Lipinski definition) is 5. The van der Waals surface area contributed by atoms with Crippen LogP contribution in [0, 0.1) is 0 Å². The van der Waals surface area contributed by atoms with Crippen molar-refractivity contribution in [2.24, 2.45) is 0 Å². The summed E-state index contributed by atoms with van der Waals surface area (Å²) in [5, 5.41) is 2.83. The zero-order valence-corrected chi connectivity index (χ0v) is 19.1. The van der Waals surface area contributed by atoms with Crippen LogP contribution in [-0.4, -0.2) is 39.7 Å². The topological polar surface area (TPSA) is 93.7 Å². The van der Waals surface area contributed by atoms with E-state index in [4.69, 9.17) is 21.1 Å². The molecule has 31 heavy (non-hydrogen) atoms. The van der Waals surface area contributed by atoms with Crippen molar-refractivity contribution in [2.75, 3.05) is 18.5 Å². The minimum Gasteiger partial charge on any atom is -0.377 e. The second kappa shape index (κ2) is 10.6. The van der Waals surface area contributed by atoms with Gasteiger partial charge < -0.3 is 14.8 Å². The van der Waals surface area contributed by atoms with Crippen molar-refractivity contribution >= 4 is 33.2 Å². The molecule has 1 aliphatic rings. The van der Waals surface area contributed by atoms with E-state index in [1.165, 1.54) is 18.2 Å². The third kappa shape index (κ3) is 6.75. The van der Waals surface area contributed by atoms with E-state index in [1.54, 1.807) is 6.07 Å². The molecule has 1 fully saturated rings. The number of rotatable bonds is 9. The van der Waals surface area contributed by atoms with Crippen LogP contribution < -0.4 is 10.0 Å². The number of hydrogen-bond donors (Lipinski definition) is 2. The molecule has 0 saturated carbocycles. The number of sulfonamides is 1. The van der Waals surface area contributed by atoms with Gasteiger partial charge in [-0.05, 0) is 62.6 Å². The maximum atomic E-state index is 12.7. The molecule has 0 bridgehead atoms. The molecule has 0 spiro atoms. The van der Waals surface area contributed by atoms with Gasteiger partial charge in [0, 0.05) is 24.4 Å². The Bertz CT molecular complexity index is 1020. The van der Waals surface area contributed by atoms with Gasteiger partial charge in [0.05, 0.1) is 23.8 Å². The molecule has 1 aliphatic heterocycles. The van der Waals surface area contributed by atoms with Crippen LogP contribution in [0.1, 0.15) is 42.6 Å². The maximum Gasteiger partial charge on any atom is 0.255 e. The molecular formula is C22H27ClN2O5S. The molecule has 1 saturated heterocycles. The number of amides is 1. The highest BCUT2D eigenvalue weighted by Crippen LogP contribution is 2.24. The van der Waals surface area contributed by atoms with Crippen LogP contribution in [0.5, 0.6) is 0 Å². The fourth-order valence-electron chi connectivity index (χ4n) is 3.14. The number of halogens is 1. The predicted molar refractivity (Wildman–Crippen MR) is 120 cm³/mol. The van der Waals surface area contributed by atoms with Crippen molar-refractivity contribution in [1.29, 1.82) is 0 Å². The Kier molecular flexibility index (Phi) is 8.07. The fraction of sp³-hybridized carbons (Fsp3) is 0.409. The van der Waals surface area contributed by atoms with Crippen molar-refractivity contribution in [3.05, 3.63) is 58.6 Å². The lowest BCUT2D eigenvalue weighted by atomic mass is 10.2. The molecule has 0 aliphatic carbocycles. The van der Waals surface area contributed by atoms with Gasteiger partial charge in [0.15, 0.2) is 0 Å². The first-order valence-corrected chi connectivity index (χ1v) is 12.0. The van der Waals surface area contributed by atoms with Gasteiger partial charge in [-0.1, -0.05) is 23.7 Å². The highest BCUT2D eigenvalue weighted by molar-refractivity contribution is 7.89. The van der Waals surface area contributed by atoms with Crippen molar-refractivity contribution in [3.8, 4) is 0 Å². The third-order valence-electron chi connectivity index (χ3n) is 4.78. The van der Waals surface area contributed by atoms with E-state index >= 15 is 0 Å². The summed E-state index contributed by atoms with van der Waals surface area (Å²) >= 11 is 6.13. The Hall–Kier alpha value is -1.97. The lowest BCUT2D eigenvalue weighted by Crippen LogP contribution is -2.32. The average Bonchev–Trinajstić information content (AvgIpc) is 3.25. The molecule has 2 aromatic carbocycles. The van der Waals surface area contributed by atoms with E-state index < -0.39 is 15.9 Å². The number of anilines is 1. The van der Waals surface area contributed by atoms with Crippen molar-refractivity contribution in [3.63, 3.8) is 0 Å². The van der Waals surface area contributed by atoms with E-state index in [2.05, 4.69) is 10.0 Å².